The van der Waals surface area contributed by atoms with Crippen molar-refractivity contribution in [2.45, 2.75) is 32.0 Å². The second-order valence-electron chi connectivity index (χ2n) is 6.92. The summed E-state index contributed by atoms with van der Waals surface area (Å²) in [5, 5.41) is 4.28. The summed E-state index contributed by atoms with van der Waals surface area (Å²) in [4.78, 5) is 2.51. The molecule has 0 saturated carbocycles. The molecule has 2 fully saturated rings. The average Bonchev–Trinajstić information content (AvgIpc) is 3.42. The van der Waals surface area contributed by atoms with Crippen molar-refractivity contribution in [3.05, 3.63) is 42.2 Å². The van der Waals surface area contributed by atoms with E-state index in [4.69, 9.17) is 14.0 Å². The van der Waals surface area contributed by atoms with Gasteiger partial charge in [-0.25, -0.2) is 0 Å². The molecule has 1 atom stereocenters. The Balaban J connectivity index is 1.62. The van der Waals surface area contributed by atoms with E-state index in [1.54, 1.807) is 0 Å². The van der Waals surface area contributed by atoms with Crippen molar-refractivity contribution < 1.29 is 14.0 Å². The molecule has 2 aliphatic rings. The Bertz CT molecular complexity index is 673. The van der Waals surface area contributed by atoms with Crippen LogP contribution in [0.25, 0.3) is 11.3 Å². The zero-order chi connectivity index (χ0) is 17.1. The molecule has 5 heteroatoms. The van der Waals surface area contributed by atoms with E-state index in [-0.39, 0.29) is 5.92 Å². The molecular formula is C20H26N2O3. The van der Waals surface area contributed by atoms with Gasteiger partial charge < -0.3 is 18.9 Å². The van der Waals surface area contributed by atoms with E-state index in [0.29, 0.717) is 19.0 Å². The van der Waals surface area contributed by atoms with Crippen LogP contribution in [0.2, 0.25) is 0 Å². The Morgan fingerprint density at radius 1 is 1.12 bits per heavy atom. The summed E-state index contributed by atoms with van der Waals surface area (Å²) in [6, 6.07) is 12.1. The topological polar surface area (TPSA) is 47.7 Å². The van der Waals surface area contributed by atoms with E-state index in [1.165, 1.54) is 12.8 Å². The first-order valence-corrected chi connectivity index (χ1v) is 9.34. The summed E-state index contributed by atoms with van der Waals surface area (Å²) in [7, 11) is 0. The molecule has 1 aromatic heterocycles. The number of benzene rings is 1. The van der Waals surface area contributed by atoms with Gasteiger partial charge in [0.25, 0.3) is 0 Å². The second kappa shape index (κ2) is 7.28. The first kappa shape index (κ1) is 16.8. The number of hydrogen-bond donors (Lipinski definition) is 0. The summed E-state index contributed by atoms with van der Waals surface area (Å²) in [5.41, 5.74) is 1.86. The van der Waals surface area contributed by atoms with Crippen molar-refractivity contribution in [3.8, 4) is 11.3 Å². The zero-order valence-corrected chi connectivity index (χ0v) is 14.8. The lowest BCUT2D eigenvalue weighted by molar-refractivity contribution is -0.222. The highest BCUT2D eigenvalue weighted by Crippen LogP contribution is 2.42. The van der Waals surface area contributed by atoms with Crippen molar-refractivity contribution in [2.75, 3.05) is 32.8 Å². The fraction of sp³-hybridized carbons (Fsp3) is 0.550. The lowest BCUT2D eigenvalue weighted by atomic mass is 9.92. The minimum Gasteiger partial charge on any atom is -0.355 e. The van der Waals surface area contributed by atoms with Crippen molar-refractivity contribution in [1.29, 1.82) is 0 Å². The minimum atomic E-state index is -0.808. The van der Waals surface area contributed by atoms with Crippen LogP contribution in [0, 0.1) is 5.92 Å². The van der Waals surface area contributed by atoms with E-state index < -0.39 is 5.79 Å². The molecule has 0 aliphatic carbocycles. The monoisotopic (exact) mass is 342 g/mol. The van der Waals surface area contributed by atoms with Crippen LogP contribution >= 0.6 is 0 Å². The fourth-order valence-corrected chi connectivity index (χ4v) is 3.99. The van der Waals surface area contributed by atoms with E-state index in [9.17, 15) is 0 Å². The highest BCUT2D eigenvalue weighted by Gasteiger charge is 2.49. The fourth-order valence-electron chi connectivity index (χ4n) is 3.99. The third kappa shape index (κ3) is 3.24. The molecule has 25 heavy (non-hydrogen) atoms. The Labute approximate surface area is 148 Å². The zero-order valence-electron chi connectivity index (χ0n) is 14.8. The van der Waals surface area contributed by atoms with Gasteiger partial charge in [-0.2, -0.15) is 0 Å². The molecule has 2 saturated heterocycles. The number of nitrogens with zero attached hydrogens (tertiary/aromatic N) is 2. The second-order valence-corrected chi connectivity index (χ2v) is 6.92. The largest absolute Gasteiger partial charge is 0.355 e. The van der Waals surface area contributed by atoms with Crippen molar-refractivity contribution >= 4 is 0 Å². The molecule has 2 aromatic rings. The van der Waals surface area contributed by atoms with Crippen LogP contribution in [0.15, 0.2) is 40.9 Å². The maximum Gasteiger partial charge on any atom is 0.235 e. The summed E-state index contributed by atoms with van der Waals surface area (Å²) < 4.78 is 18.0. The van der Waals surface area contributed by atoms with Gasteiger partial charge in [-0.1, -0.05) is 42.4 Å². The van der Waals surface area contributed by atoms with Crippen LogP contribution in [0.3, 0.4) is 0 Å². The van der Waals surface area contributed by atoms with E-state index in [1.807, 2.05) is 36.4 Å². The number of likely N-dealkylation sites (tertiary alicyclic amines) is 1. The van der Waals surface area contributed by atoms with Crippen LogP contribution in [-0.2, 0) is 15.3 Å². The summed E-state index contributed by atoms with van der Waals surface area (Å²) >= 11 is 0. The standard InChI is InChI=1S/C20H26N2O3/c1-2-17(15-22-10-6-7-11-22)20(23-12-13-24-20)19-14-18(21-25-19)16-8-4-3-5-9-16/h3-5,8-9,14,17H,2,6-7,10-13,15H2,1H3. The Hall–Kier alpha value is -1.69. The van der Waals surface area contributed by atoms with Crippen molar-refractivity contribution in [1.82, 2.24) is 10.1 Å². The van der Waals surface area contributed by atoms with E-state index in [0.717, 1.165) is 37.3 Å². The highest BCUT2D eigenvalue weighted by molar-refractivity contribution is 5.58. The molecule has 0 bridgehead atoms. The first-order valence-electron chi connectivity index (χ1n) is 9.34. The smallest absolute Gasteiger partial charge is 0.235 e. The molecule has 0 spiro atoms. The molecule has 2 aliphatic heterocycles. The van der Waals surface area contributed by atoms with Gasteiger partial charge in [0.05, 0.1) is 13.2 Å². The molecule has 134 valence electrons. The Morgan fingerprint density at radius 2 is 1.84 bits per heavy atom. The Morgan fingerprint density at radius 3 is 2.52 bits per heavy atom. The molecule has 0 radical (unpaired) electrons. The van der Waals surface area contributed by atoms with Crippen LogP contribution in [0.4, 0.5) is 0 Å². The quantitative estimate of drug-likeness (QED) is 0.802. The Kier molecular flexibility index (Phi) is 4.88. The van der Waals surface area contributed by atoms with Gasteiger partial charge >= 0.3 is 0 Å². The number of ether oxygens (including phenoxy) is 2. The van der Waals surface area contributed by atoms with Gasteiger partial charge in [-0.05, 0) is 32.4 Å². The van der Waals surface area contributed by atoms with Gasteiger partial charge in [0.15, 0.2) is 5.76 Å². The highest BCUT2D eigenvalue weighted by atomic mass is 16.7. The van der Waals surface area contributed by atoms with Crippen LogP contribution in [0.5, 0.6) is 0 Å². The SMILES string of the molecule is CCC(CN1CCCC1)C1(c2cc(-c3ccccc3)no2)OCCO1. The molecule has 1 unspecified atom stereocenters. The first-order chi connectivity index (χ1) is 12.3. The van der Waals surface area contributed by atoms with E-state index >= 15 is 0 Å². The van der Waals surface area contributed by atoms with Crippen LogP contribution in [0.1, 0.15) is 31.9 Å². The summed E-state index contributed by atoms with van der Waals surface area (Å²) in [5.74, 6) is 0.108. The van der Waals surface area contributed by atoms with Gasteiger partial charge in [0, 0.05) is 24.1 Å². The van der Waals surface area contributed by atoms with Gasteiger partial charge in [0.2, 0.25) is 5.79 Å². The predicted molar refractivity (Wildman–Crippen MR) is 95.0 cm³/mol. The maximum atomic E-state index is 6.16. The molecule has 0 amide bonds. The minimum absolute atomic E-state index is 0.227. The average molecular weight is 342 g/mol. The molecule has 5 nitrogen and oxygen atoms in total. The molecule has 0 N–H and O–H groups in total. The molecular weight excluding hydrogens is 316 g/mol. The van der Waals surface area contributed by atoms with Crippen LogP contribution in [-0.4, -0.2) is 42.9 Å². The lowest BCUT2D eigenvalue weighted by Gasteiger charge is -2.35. The molecule has 4 rings (SSSR count). The molecule has 1 aromatic carbocycles. The number of hydrogen-bond acceptors (Lipinski definition) is 5. The predicted octanol–water partition coefficient (Wildman–Crippen LogP) is 3.66. The summed E-state index contributed by atoms with van der Waals surface area (Å²) in [6.45, 7) is 6.69. The maximum absolute atomic E-state index is 6.16. The van der Waals surface area contributed by atoms with E-state index in [2.05, 4.69) is 17.0 Å². The van der Waals surface area contributed by atoms with Gasteiger partial charge in [0.1, 0.15) is 5.69 Å². The van der Waals surface area contributed by atoms with Crippen molar-refractivity contribution in [3.63, 3.8) is 0 Å². The third-order valence-electron chi connectivity index (χ3n) is 5.35. The normalized spacial score (nSPS) is 21.6. The number of aromatic nitrogens is 1. The number of rotatable bonds is 6. The van der Waals surface area contributed by atoms with Gasteiger partial charge in [-0.15, -0.1) is 0 Å². The summed E-state index contributed by atoms with van der Waals surface area (Å²) in [6.07, 6.45) is 3.54. The lowest BCUT2D eigenvalue weighted by Crippen LogP contribution is -2.42. The molecule has 3 heterocycles. The van der Waals surface area contributed by atoms with Crippen LogP contribution < -0.4 is 0 Å². The third-order valence-corrected chi connectivity index (χ3v) is 5.35. The van der Waals surface area contributed by atoms with Crippen molar-refractivity contribution in [2.24, 2.45) is 5.92 Å². The van der Waals surface area contributed by atoms with Gasteiger partial charge in [-0.3, -0.25) is 0 Å².